The average molecular weight is 287 g/mol. The predicted octanol–water partition coefficient (Wildman–Crippen LogP) is 1.59. The number of hydrogen-bond acceptors (Lipinski definition) is 4. The van der Waals surface area contributed by atoms with Crippen LogP contribution in [0.3, 0.4) is 0 Å². The van der Waals surface area contributed by atoms with Gasteiger partial charge in [0, 0.05) is 7.05 Å². The summed E-state index contributed by atoms with van der Waals surface area (Å²) in [6.45, 7) is 2.04. The summed E-state index contributed by atoms with van der Waals surface area (Å²) in [6, 6.07) is 0. The predicted molar refractivity (Wildman–Crippen MR) is 71.7 cm³/mol. The Kier molecular flexibility index (Phi) is 4.53. The van der Waals surface area contributed by atoms with E-state index in [0.29, 0.717) is 12.5 Å². The van der Waals surface area contributed by atoms with Crippen molar-refractivity contribution in [2.45, 2.75) is 32.7 Å². The molecule has 0 atom stereocenters. The van der Waals surface area contributed by atoms with Gasteiger partial charge in [0.05, 0.1) is 18.8 Å². The number of anilines is 1. The lowest BCUT2D eigenvalue weighted by atomic mass is 10.2. The molecule has 0 aliphatic heterocycles. The Labute approximate surface area is 115 Å². The van der Waals surface area contributed by atoms with Gasteiger partial charge in [-0.15, -0.1) is 0 Å². The van der Waals surface area contributed by atoms with Crippen molar-refractivity contribution in [3.63, 3.8) is 0 Å². The van der Waals surface area contributed by atoms with Gasteiger partial charge in [0.2, 0.25) is 5.95 Å². The smallest absolute Gasteiger partial charge is 0.261 e. The number of aryl methyl sites for hydroxylation is 2. The van der Waals surface area contributed by atoms with Crippen molar-refractivity contribution in [1.82, 2.24) is 19.3 Å². The SMILES string of the molecule is CCCc1nn(C)c2c1nc(N)n2CCOCC(F)F. The maximum absolute atomic E-state index is 12.0. The minimum Gasteiger partial charge on any atom is -0.374 e. The third-order valence-corrected chi connectivity index (χ3v) is 3.01. The van der Waals surface area contributed by atoms with E-state index in [1.807, 2.05) is 7.05 Å². The van der Waals surface area contributed by atoms with Gasteiger partial charge >= 0.3 is 0 Å². The summed E-state index contributed by atoms with van der Waals surface area (Å²) < 4.78 is 32.3. The van der Waals surface area contributed by atoms with E-state index in [2.05, 4.69) is 17.0 Å². The first-order valence-corrected chi connectivity index (χ1v) is 6.58. The number of imidazole rings is 1. The van der Waals surface area contributed by atoms with Gasteiger partial charge in [0.25, 0.3) is 6.43 Å². The van der Waals surface area contributed by atoms with Gasteiger partial charge in [0.15, 0.2) is 5.65 Å². The molecule has 0 radical (unpaired) electrons. The lowest BCUT2D eigenvalue weighted by Crippen LogP contribution is -2.13. The minimum atomic E-state index is -2.46. The molecule has 0 unspecified atom stereocenters. The van der Waals surface area contributed by atoms with Crippen LogP contribution in [0.2, 0.25) is 0 Å². The van der Waals surface area contributed by atoms with Crippen LogP contribution < -0.4 is 5.73 Å². The quantitative estimate of drug-likeness (QED) is 0.785. The standard InChI is InChI=1S/C12H19F2N5O/c1-3-4-8-10-11(18(2)17-8)19(12(15)16-10)5-6-20-7-9(13)14/h9H,3-7H2,1-2H3,(H2,15,16). The highest BCUT2D eigenvalue weighted by Gasteiger charge is 2.17. The van der Waals surface area contributed by atoms with Crippen molar-refractivity contribution in [2.24, 2.45) is 7.05 Å². The van der Waals surface area contributed by atoms with Crippen LogP contribution in [0.25, 0.3) is 11.2 Å². The summed E-state index contributed by atoms with van der Waals surface area (Å²) in [7, 11) is 1.82. The number of aromatic nitrogens is 4. The first kappa shape index (κ1) is 14.7. The molecule has 0 aromatic carbocycles. The van der Waals surface area contributed by atoms with Crippen LogP contribution in [-0.2, 0) is 24.8 Å². The topological polar surface area (TPSA) is 70.9 Å². The summed E-state index contributed by atoms with van der Waals surface area (Å²) in [5.41, 5.74) is 8.36. The third kappa shape index (κ3) is 2.90. The van der Waals surface area contributed by atoms with Crippen LogP contribution in [-0.4, -0.2) is 39.0 Å². The first-order valence-electron chi connectivity index (χ1n) is 6.58. The molecule has 20 heavy (non-hydrogen) atoms. The second-order valence-corrected chi connectivity index (χ2v) is 4.58. The van der Waals surface area contributed by atoms with Crippen molar-refractivity contribution in [2.75, 3.05) is 18.9 Å². The Hall–Kier alpha value is -1.70. The zero-order valence-corrected chi connectivity index (χ0v) is 11.6. The number of rotatable bonds is 7. The number of nitrogens with zero attached hydrogens (tertiary/aromatic N) is 4. The largest absolute Gasteiger partial charge is 0.374 e. The van der Waals surface area contributed by atoms with Gasteiger partial charge in [0.1, 0.15) is 12.1 Å². The van der Waals surface area contributed by atoms with Crippen molar-refractivity contribution in [1.29, 1.82) is 0 Å². The van der Waals surface area contributed by atoms with E-state index in [4.69, 9.17) is 10.5 Å². The Morgan fingerprint density at radius 3 is 2.80 bits per heavy atom. The van der Waals surface area contributed by atoms with E-state index < -0.39 is 13.0 Å². The molecule has 112 valence electrons. The second-order valence-electron chi connectivity index (χ2n) is 4.58. The van der Waals surface area contributed by atoms with Crippen molar-refractivity contribution < 1.29 is 13.5 Å². The molecule has 2 aromatic rings. The highest BCUT2D eigenvalue weighted by Crippen LogP contribution is 2.21. The highest BCUT2D eigenvalue weighted by atomic mass is 19.3. The number of alkyl halides is 2. The maximum Gasteiger partial charge on any atom is 0.261 e. The molecule has 0 amide bonds. The molecule has 0 saturated heterocycles. The first-order chi connectivity index (χ1) is 9.54. The number of nitrogen functional groups attached to an aromatic ring is 1. The summed E-state index contributed by atoms with van der Waals surface area (Å²) in [4.78, 5) is 4.32. The monoisotopic (exact) mass is 287 g/mol. The fourth-order valence-corrected chi connectivity index (χ4v) is 2.21. The van der Waals surface area contributed by atoms with Crippen LogP contribution in [0, 0.1) is 0 Å². The van der Waals surface area contributed by atoms with E-state index in [0.717, 1.165) is 29.7 Å². The Balaban J connectivity index is 2.18. The van der Waals surface area contributed by atoms with Crippen LogP contribution >= 0.6 is 0 Å². The van der Waals surface area contributed by atoms with Crippen LogP contribution in [0.15, 0.2) is 0 Å². The van der Waals surface area contributed by atoms with Crippen molar-refractivity contribution >= 4 is 17.1 Å². The molecule has 0 fully saturated rings. The fraction of sp³-hybridized carbons (Fsp3) is 0.667. The number of fused-ring (bicyclic) bond motifs is 1. The lowest BCUT2D eigenvalue weighted by Gasteiger charge is -2.07. The summed E-state index contributed by atoms with van der Waals surface area (Å²) >= 11 is 0. The van der Waals surface area contributed by atoms with Gasteiger partial charge in [-0.25, -0.2) is 13.8 Å². The molecular formula is C12H19F2N5O. The zero-order chi connectivity index (χ0) is 14.7. The third-order valence-electron chi connectivity index (χ3n) is 3.01. The summed E-state index contributed by atoms with van der Waals surface area (Å²) in [6.07, 6.45) is -0.658. The molecule has 6 nitrogen and oxygen atoms in total. The fourth-order valence-electron chi connectivity index (χ4n) is 2.21. The Bertz CT molecular complexity index is 578. The van der Waals surface area contributed by atoms with Crippen molar-refractivity contribution in [3.8, 4) is 0 Å². The van der Waals surface area contributed by atoms with Gasteiger partial charge in [-0.3, -0.25) is 9.25 Å². The maximum atomic E-state index is 12.0. The highest BCUT2D eigenvalue weighted by molar-refractivity contribution is 5.77. The molecule has 0 saturated carbocycles. The van der Waals surface area contributed by atoms with Gasteiger partial charge in [-0.05, 0) is 6.42 Å². The van der Waals surface area contributed by atoms with E-state index in [1.165, 1.54) is 0 Å². The van der Waals surface area contributed by atoms with Crippen LogP contribution in [0.4, 0.5) is 14.7 Å². The van der Waals surface area contributed by atoms with Crippen molar-refractivity contribution in [3.05, 3.63) is 5.69 Å². The molecule has 2 aromatic heterocycles. The molecule has 2 N–H and O–H groups in total. The normalized spacial score (nSPS) is 11.8. The number of ether oxygens (including phenoxy) is 1. The number of halogens is 2. The summed E-state index contributed by atoms with van der Waals surface area (Å²) in [5.74, 6) is 0.353. The van der Waals surface area contributed by atoms with E-state index in [-0.39, 0.29) is 6.61 Å². The van der Waals surface area contributed by atoms with Gasteiger partial charge < -0.3 is 10.5 Å². The molecule has 8 heteroatoms. The zero-order valence-electron chi connectivity index (χ0n) is 11.6. The minimum absolute atomic E-state index is 0.161. The number of nitrogens with two attached hydrogens (primary N) is 1. The number of hydrogen-bond donors (Lipinski definition) is 1. The molecule has 0 spiro atoms. The lowest BCUT2D eigenvalue weighted by molar-refractivity contribution is 0.0151. The molecule has 0 aliphatic rings. The summed E-state index contributed by atoms with van der Waals surface area (Å²) in [5, 5.41) is 4.41. The van der Waals surface area contributed by atoms with Crippen LogP contribution in [0.5, 0.6) is 0 Å². The van der Waals surface area contributed by atoms with Gasteiger partial charge in [-0.1, -0.05) is 13.3 Å². The van der Waals surface area contributed by atoms with Gasteiger partial charge in [-0.2, -0.15) is 5.10 Å². The second kappa shape index (κ2) is 6.17. The molecule has 2 rings (SSSR count). The average Bonchev–Trinajstić information content (AvgIpc) is 2.85. The Morgan fingerprint density at radius 2 is 2.15 bits per heavy atom. The molecular weight excluding hydrogens is 268 g/mol. The molecule has 0 aliphatic carbocycles. The van der Waals surface area contributed by atoms with E-state index >= 15 is 0 Å². The molecule has 2 heterocycles. The Morgan fingerprint density at radius 1 is 1.40 bits per heavy atom. The molecule has 0 bridgehead atoms. The van der Waals surface area contributed by atoms with E-state index in [1.54, 1.807) is 9.25 Å². The van der Waals surface area contributed by atoms with Crippen LogP contribution in [0.1, 0.15) is 19.0 Å². The van der Waals surface area contributed by atoms with E-state index in [9.17, 15) is 8.78 Å².